The van der Waals surface area contributed by atoms with Crippen molar-refractivity contribution in [1.82, 2.24) is 15.1 Å². The molecule has 2 heterocycles. The molecule has 1 aromatic heterocycles. The van der Waals surface area contributed by atoms with Gasteiger partial charge in [0.05, 0.1) is 17.2 Å². The van der Waals surface area contributed by atoms with Crippen LogP contribution in [0.3, 0.4) is 0 Å². The number of nitrogens with one attached hydrogen (secondary N) is 1. The molecule has 0 bridgehead atoms. The van der Waals surface area contributed by atoms with Crippen molar-refractivity contribution >= 4 is 32.6 Å². The van der Waals surface area contributed by atoms with Crippen molar-refractivity contribution < 1.29 is 13.2 Å². The molecule has 1 aliphatic heterocycles. The number of hydrogen-bond donors (Lipinski definition) is 1. The number of carbonyl (C=O) groups excluding carboxylic acids is 1. The maximum Gasteiger partial charge on any atom is 0.262 e. The fourth-order valence-electron chi connectivity index (χ4n) is 4.24. The average Bonchev–Trinajstić information content (AvgIpc) is 3.45. The fraction of sp³-hybridized carbons (Fsp3) is 0.148. The Labute approximate surface area is 203 Å². The minimum Gasteiger partial charge on any atom is -0.348 e. The van der Waals surface area contributed by atoms with Gasteiger partial charge in [0, 0.05) is 23.4 Å². The predicted octanol–water partition coefficient (Wildman–Crippen LogP) is 3.90. The lowest BCUT2D eigenvalue weighted by molar-refractivity contribution is -0.117. The molecule has 1 saturated heterocycles. The summed E-state index contributed by atoms with van der Waals surface area (Å²) in [6.45, 7) is 0. The van der Waals surface area contributed by atoms with E-state index in [1.807, 2.05) is 78.9 Å². The van der Waals surface area contributed by atoms with E-state index < -0.39 is 21.8 Å². The van der Waals surface area contributed by atoms with Crippen molar-refractivity contribution in [2.75, 3.05) is 11.5 Å². The van der Waals surface area contributed by atoms with E-state index in [1.165, 1.54) is 6.08 Å². The largest absolute Gasteiger partial charge is 0.348 e. The van der Waals surface area contributed by atoms with Crippen LogP contribution >= 0.6 is 0 Å². The Morgan fingerprint density at radius 1 is 1.06 bits per heavy atom. The van der Waals surface area contributed by atoms with Crippen LogP contribution in [0.5, 0.6) is 0 Å². The van der Waals surface area contributed by atoms with Gasteiger partial charge in [0.15, 0.2) is 9.84 Å². The maximum atomic E-state index is 12.8. The van der Waals surface area contributed by atoms with E-state index in [2.05, 4.69) is 5.32 Å². The van der Waals surface area contributed by atoms with E-state index in [-0.39, 0.29) is 17.1 Å². The Kier molecular flexibility index (Phi) is 5.93. The first-order chi connectivity index (χ1) is 16.9. The van der Waals surface area contributed by atoms with Crippen molar-refractivity contribution in [2.45, 2.75) is 12.5 Å². The van der Waals surface area contributed by atoms with Gasteiger partial charge in [0.25, 0.3) is 5.91 Å². The van der Waals surface area contributed by atoms with Crippen LogP contribution in [0.4, 0.5) is 0 Å². The number of aromatic nitrogens is 2. The molecular weight excluding hydrogens is 460 g/mol. The lowest BCUT2D eigenvalue weighted by atomic mass is 10.0. The number of benzene rings is 3. The van der Waals surface area contributed by atoms with Gasteiger partial charge in [-0.15, -0.1) is 0 Å². The molecule has 1 N–H and O–H groups in total. The quantitative estimate of drug-likeness (QED) is 0.343. The average molecular weight is 483 g/mol. The van der Waals surface area contributed by atoms with Gasteiger partial charge in [0.2, 0.25) is 0 Å². The first-order valence-electron chi connectivity index (χ1n) is 11.2. The number of nitriles is 1. The number of nitrogens with zero attached hydrogens (tertiary/aromatic N) is 3. The van der Waals surface area contributed by atoms with E-state index >= 15 is 0 Å². The summed E-state index contributed by atoms with van der Waals surface area (Å²) in [6, 6.07) is 25.1. The van der Waals surface area contributed by atoms with Crippen LogP contribution in [0, 0.1) is 11.3 Å². The molecule has 1 aliphatic rings. The molecule has 7 nitrogen and oxygen atoms in total. The third-order valence-corrected chi connectivity index (χ3v) is 7.79. The Bertz CT molecular complexity index is 1600. The number of rotatable bonds is 5. The smallest absolute Gasteiger partial charge is 0.262 e. The Hall–Kier alpha value is -4.22. The normalized spacial score (nSPS) is 17.2. The van der Waals surface area contributed by atoms with Gasteiger partial charge >= 0.3 is 0 Å². The van der Waals surface area contributed by atoms with Crippen molar-refractivity contribution in [2.24, 2.45) is 0 Å². The van der Waals surface area contributed by atoms with Gasteiger partial charge < -0.3 is 5.32 Å². The fourth-order valence-corrected chi connectivity index (χ4v) is 5.92. The molecule has 1 fully saturated rings. The Morgan fingerprint density at radius 3 is 2.51 bits per heavy atom. The summed E-state index contributed by atoms with van der Waals surface area (Å²) in [5.41, 5.74) is 2.82. The molecule has 3 aromatic carbocycles. The second-order valence-electron chi connectivity index (χ2n) is 8.52. The molecule has 5 rings (SSSR count). The van der Waals surface area contributed by atoms with Gasteiger partial charge in [0.1, 0.15) is 17.3 Å². The lowest BCUT2D eigenvalue weighted by Crippen LogP contribution is -2.36. The molecule has 0 saturated carbocycles. The molecular formula is C27H22N4O3S. The van der Waals surface area contributed by atoms with Crippen LogP contribution in [-0.2, 0) is 14.6 Å². The number of hydrogen-bond acceptors (Lipinski definition) is 5. The highest BCUT2D eigenvalue weighted by molar-refractivity contribution is 7.91. The van der Waals surface area contributed by atoms with Gasteiger partial charge in [-0.2, -0.15) is 10.4 Å². The molecule has 4 aromatic rings. The van der Waals surface area contributed by atoms with Crippen LogP contribution in [0.1, 0.15) is 12.0 Å². The molecule has 0 radical (unpaired) electrons. The summed E-state index contributed by atoms with van der Waals surface area (Å²) >= 11 is 0. The molecule has 35 heavy (non-hydrogen) atoms. The second kappa shape index (κ2) is 9.20. The van der Waals surface area contributed by atoms with E-state index in [1.54, 1.807) is 10.9 Å². The molecule has 0 spiro atoms. The van der Waals surface area contributed by atoms with Crippen molar-refractivity contribution in [3.63, 3.8) is 0 Å². The van der Waals surface area contributed by atoms with Gasteiger partial charge in [-0.1, -0.05) is 54.6 Å². The zero-order chi connectivity index (χ0) is 24.4. The molecule has 1 amide bonds. The maximum absolute atomic E-state index is 12.8. The first-order valence-corrected chi connectivity index (χ1v) is 13.0. The minimum atomic E-state index is -3.15. The zero-order valence-corrected chi connectivity index (χ0v) is 19.6. The first kappa shape index (κ1) is 22.6. The van der Waals surface area contributed by atoms with E-state index in [4.69, 9.17) is 5.10 Å². The Morgan fingerprint density at radius 2 is 1.80 bits per heavy atom. The second-order valence-corrected chi connectivity index (χ2v) is 10.7. The van der Waals surface area contributed by atoms with Crippen LogP contribution in [0.25, 0.3) is 33.8 Å². The van der Waals surface area contributed by atoms with Gasteiger partial charge in [-0.25, -0.2) is 13.1 Å². The summed E-state index contributed by atoms with van der Waals surface area (Å²) in [4.78, 5) is 12.8. The number of carbonyl (C=O) groups is 1. The summed E-state index contributed by atoms with van der Waals surface area (Å²) in [7, 11) is -3.15. The van der Waals surface area contributed by atoms with Crippen LogP contribution in [0.2, 0.25) is 0 Å². The lowest BCUT2D eigenvalue weighted by Gasteiger charge is -2.10. The summed E-state index contributed by atoms with van der Waals surface area (Å²) in [5, 5.41) is 19.4. The third-order valence-electron chi connectivity index (χ3n) is 6.02. The summed E-state index contributed by atoms with van der Waals surface area (Å²) in [6.07, 6.45) is 3.64. The zero-order valence-electron chi connectivity index (χ0n) is 18.8. The summed E-state index contributed by atoms with van der Waals surface area (Å²) < 4.78 is 25.2. The van der Waals surface area contributed by atoms with Crippen molar-refractivity contribution in [3.8, 4) is 23.0 Å². The number of para-hydroxylation sites is 1. The SMILES string of the molecule is N#C/C(=C/c1cn(-c2ccccc2)nc1-c1ccc2ccccc2c1)C(=O)N[C@@H]1CCS(=O)(=O)C1. The van der Waals surface area contributed by atoms with E-state index in [9.17, 15) is 18.5 Å². The predicted molar refractivity (Wildman–Crippen MR) is 135 cm³/mol. The monoisotopic (exact) mass is 482 g/mol. The van der Waals surface area contributed by atoms with Gasteiger partial charge in [-0.3, -0.25) is 4.79 Å². The highest BCUT2D eigenvalue weighted by atomic mass is 32.2. The van der Waals surface area contributed by atoms with Crippen molar-refractivity contribution in [1.29, 1.82) is 5.26 Å². The van der Waals surface area contributed by atoms with Crippen LogP contribution in [0.15, 0.2) is 84.6 Å². The molecule has 0 unspecified atom stereocenters. The standard InChI is InChI=1S/C27H22N4O3S/c28-16-22(27(32)29-24-12-13-35(33,34)18-24)15-23-17-31(25-8-2-1-3-9-25)30-26(23)21-11-10-19-6-4-5-7-20(19)14-21/h1-11,14-15,17,24H,12-13,18H2,(H,29,32)/b22-15-/t24-/m1/s1. The van der Waals surface area contributed by atoms with Crippen molar-refractivity contribution in [3.05, 3.63) is 90.1 Å². The minimum absolute atomic E-state index is 0.0412. The molecule has 174 valence electrons. The topological polar surface area (TPSA) is 105 Å². The highest BCUT2D eigenvalue weighted by Crippen LogP contribution is 2.29. The number of amides is 1. The molecule has 0 aliphatic carbocycles. The van der Waals surface area contributed by atoms with E-state index in [0.717, 1.165) is 22.0 Å². The number of sulfone groups is 1. The van der Waals surface area contributed by atoms with Crippen LogP contribution < -0.4 is 5.32 Å². The molecule has 8 heteroatoms. The van der Waals surface area contributed by atoms with E-state index in [0.29, 0.717) is 17.7 Å². The Balaban J connectivity index is 1.55. The van der Waals surface area contributed by atoms with Gasteiger partial charge in [-0.05, 0) is 41.5 Å². The highest BCUT2D eigenvalue weighted by Gasteiger charge is 2.29. The molecule has 1 atom stereocenters. The third kappa shape index (κ3) is 4.86. The van der Waals surface area contributed by atoms with Crippen LogP contribution in [-0.4, -0.2) is 41.7 Å². The number of fused-ring (bicyclic) bond motifs is 1. The summed E-state index contributed by atoms with van der Waals surface area (Å²) in [5.74, 6) is -0.655.